The van der Waals surface area contributed by atoms with Crippen molar-refractivity contribution in [1.82, 2.24) is 0 Å². The van der Waals surface area contributed by atoms with Crippen molar-refractivity contribution in [3.8, 4) is 5.75 Å². The van der Waals surface area contributed by atoms with Crippen LogP contribution >= 0.6 is 15.9 Å². The quantitative estimate of drug-likeness (QED) is 0.866. The molecule has 0 aliphatic heterocycles. The zero-order chi connectivity index (χ0) is 14.1. The van der Waals surface area contributed by atoms with E-state index in [1.807, 2.05) is 6.07 Å². The number of hydrogen-bond acceptors (Lipinski definition) is 2. The van der Waals surface area contributed by atoms with Crippen LogP contribution in [0.1, 0.15) is 29.2 Å². The lowest BCUT2D eigenvalue weighted by Crippen LogP contribution is -2.08. The molecule has 2 aromatic rings. The molecule has 2 nitrogen and oxygen atoms in total. The topological polar surface area (TPSA) is 21.3 Å². The number of rotatable bonds is 3. The third kappa shape index (κ3) is 2.55. The number of fused-ring (bicyclic) bond motifs is 1. The molecule has 0 aromatic heterocycles. The Bertz CT molecular complexity index is 639. The van der Waals surface area contributed by atoms with Crippen LogP contribution in [0.4, 0.5) is 5.69 Å². The van der Waals surface area contributed by atoms with Gasteiger partial charge in [0.1, 0.15) is 5.75 Å². The van der Waals surface area contributed by atoms with E-state index in [-0.39, 0.29) is 0 Å². The second-order valence-corrected chi connectivity index (χ2v) is 6.18. The Morgan fingerprint density at radius 1 is 1.20 bits per heavy atom. The van der Waals surface area contributed by atoms with Gasteiger partial charge in [-0.15, -0.1) is 0 Å². The Hall–Kier alpha value is -1.48. The minimum Gasteiger partial charge on any atom is -0.497 e. The van der Waals surface area contributed by atoms with Crippen LogP contribution in [-0.2, 0) is 6.42 Å². The van der Waals surface area contributed by atoms with E-state index in [0.29, 0.717) is 6.04 Å². The summed E-state index contributed by atoms with van der Waals surface area (Å²) in [5.41, 5.74) is 5.27. The Labute approximate surface area is 128 Å². The van der Waals surface area contributed by atoms with Gasteiger partial charge in [-0.3, -0.25) is 0 Å². The van der Waals surface area contributed by atoms with E-state index in [4.69, 9.17) is 4.74 Å². The largest absolute Gasteiger partial charge is 0.497 e. The standard InChI is InChI=1S/C17H18BrNO/c1-11-9-14(20-2)5-8-16(11)19-17-7-3-12-10-13(18)4-6-15(12)17/h4-6,8-10,17,19H,3,7H2,1-2H3. The molecule has 1 N–H and O–H groups in total. The van der Waals surface area contributed by atoms with Crippen LogP contribution < -0.4 is 10.1 Å². The first-order valence-corrected chi connectivity index (χ1v) is 7.66. The number of anilines is 1. The van der Waals surface area contributed by atoms with Gasteiger partial charge in [-0.25, -0.2) is 0 Å². The number of halogens is 1. The Morgan fingerprint density at radius 3 is 2.80 bits per heavy atom. The molecule has 0 saturated carbocycles. The van der Waals surface area contributed by atoms with E-state index < -0.39 is 0 Å². The molecule has 0 heterocycles. The normalized spacial score (nSPS) is 16.9. The van der Waals surface area contributed by atoms with E-state index in [1.54, 1.807) is 7.11 Å². The number of benzene rings is 2. The molecular weight excluding hydrogens is 314 g/mol. The number of aryl methyl sites for hydroxylation is 2. The number of nitrogens with one attached hydrogen (secondary N) is 1. The van der Waals surface area contributed by atoms with Gasteiger partial charge in [0, 0.05) is 10.2 Å². The minimum atomic E-state index is 0.408. The SMILES string of the molecule is COc1ccc(NC2CCc3cc(Br)ccc32)c(C)c1. The second kappa shape index (κ2) is 5.49. The summed E-state index contributed by atoms with van der Waals surface area (Å²) in [7, 11) is 1.70. The highest BCUT2D eigenvalue weighted by Crippen LogP contribution is 2.36. The van der Waals surface area contributed by atoms with Gasteiger partial charge in [0.15, 0.2) is 0 Å². The smallest absolute Gasteiger partial charge is 0.119 e. The highest BCUT2D eigenvalue weighted by atomic mass is 79.9. The Morgan fingerprint density at radius 2 is 2.05 bits per heavy atom. The van der Waals surface area contributed by atoms with Crippen LogP contribution in [0.25, 0.3) is 0 Å². The molecule has 1 aliphatic carbocycles. The molecule has 0 saturated heterocycles. The zero-order valence-corrected chi connectivity index (χ0v) is 13.3. The van der Waals surface area contributed by atoms with Crippen molar-refractivity contribution in [3.63, 3.8) is 0 Å². The summed E-state index contributed by atoms with van der Waals surface area (Å²) < 4.78 is 6.42. The Kier molecular flexibility index (Phi) is 3.70. The van der Waals surface area contributed by atoms with Gasteiger partial charge in [0.25, 0.3) is 0 Å². The van der Waals surface area contributed by atoms with Gasteiger partial charge in [-0.05, 0) is 66.8 Å². The summed E-state index contributed by atoms with van der Waals surface area (Å²) in [5, 5.41) is 3.67. The summed E-state index contributed by atoms with van der Waals surface area (Å²) in [6, 6.07) is 13.2. The van der Waals surface area contributed by atoms with Gasteiger partial charge in [0.05, 0.1) is 13.2 Å². The van der Waals surface area contributed by atoms with E-state index in [0.717, 1.165) is 23.1 Å². The van der Waals surface area contributed by atoms with Crippen molar-refractivity contribution in [2.45, 2.75) is 25.8 Å². The molecule has 0 radical (unpaired) electrons. The molecule has 0 amide bonds. The van der Waals surface area contributed by atoms with Gasteiger partial charge in [0.2, 0.25) is 0 Å². The van der Waals surface area contributed by atoms with Crippen molar-refractivity contribution in [2.75, 3.05) is 12.4 Å². The van der Waals surface area contributed by atoms with Crippen LogP contribution in [0.5, 0.6) is 5.75 Å². The number of ether oxygens (including phenoxy) is 1. The lowest BCUT2D eigenvalue weighted by Gasteiger charge is -2.18. The summed E-state index contributed by atoms with van der Waals surface area (Å²) in [4.78, 5) is 0. The predicted octanol–water partition coefficient (Wildman–Crippen LogP) is 4.87. The van der Waals surface area contributed by atoms with Crippen LogP contribution in [0.2, 0.25) is 0 Å². The van der Waals surface area contributed by atoms with Crippen LogP contribution in [0, 0.1) is 6.92 Å². The number of hydrogen-bond donors (Lipinski definition) is 1. The van der Waals surface area contributed by atoms with Crippen LogP contribution in [0.15, 0.2) is 40.9 Å². The zero-order valence-electron chi connectivity index (χ0n) is 11.7. The van der Waals surface area contributed by atoms with Crippen LogP contribution in [0.3, 0.4) is 0 Å². The fourth-order valence-corrected chi connectivity index (χ4v) is 3.26. The van der Waals surface area contributed by atoms with Crippen LogP contribution in [-0.4, -0.2) is 7.11 Å². The number of methoxy groups -OCH3 is 1. The molecule has 3 rings (SSSR count). The maximum Gasteiger partial charge on any atom is 0.119 e. The van der Waals surface area contributed by atoms with Crippen molar-refractivity contribution in [1.29, 1.82) is 0 Å². The lowest BCUT2D eigenvalue weighted by atomic mass is 10.1. The maximum absolute atomic E-state index is 5.26. The minimum absolute atomic E-state index is 0.408. The van der Waals surface area contributed by atoms with Crippen molar-refractivity contribution in [2.24, 2.45) is 0 Å². The highest BCUT2D eigenvalue weighted by Gasteiger charge is 2.22. The van der Waals surface area contributed by atoms with Gasteiger partial charge in [-0.2, -0.15) is 0 Å². The first-order chi connectivity index (χ1) is 9.67. The van der Waals surface area contributed by atoms with Gasteiger partial charge < -0.3 is 10.1 Å². The molecule has 0 bridgehead atoms. The summed E-state index contributed by atoms with van der Waals surface area (Å²) in [6.07, 6.45) is 2.29. The Balaban J connectivity index is 1.84. The molecule has 1 atom stereocenters. The van der Waals surface area contributed by atoms with Gasteiger partial charge in [-0.1, -0.05) is 22.0 Å². The molecule has 104 valence electrons. The first-order valence-electron chi connectivity index (χ1n) is 6.87. The average Bonchev–Trinajstić information content (AvgIpc) is 2.83. The fraction of sp³-hybridized carbons (Fsp3) is 0.294. The second-order valence-electron chi connectivity index (χ2n) is 5.26. The molecule has 3 heteroatoms. The molecule has 0 spiro atoms. The van der Waals surface area contributed by atoms with Gasteiger partial charge >= 0.3 is 0 Å². The maximum atomic E-state index is 5.26. The third-order valence-corrected chi connectivity index (χ3v) is 4.44. The lowest BCUT2D eigenvalue weighted by molar-refractivity contribution is 0.414. The molecular formula is C17H18BrNO. The van der Waals surface area contributed by atoms with Crippen molar-refractivity contribution < 1.29 is 4.74 Å². The molecule has 20 heavy (non-hydrogen) atoms. The highest BCUT2D eigenvalue weighted by molar-refractivity contribution is 9.10. The van der Waals surface area contributed by atoms with E-state index in [9.17, 15) is 0 Å². The summed E-state index contributed by atoms with van der Waals surface area (Å²) >= 11 is 3.54. The molecule has 2 aromatic carbocycles. The van der Waals surface area contributed by atoms with E-state index in [2.05, 4.69) is 58.5 Å². The summed E-state index contributed by atoms with van der Waals surface area (Å²) in [5.74, 6) is 0.906. The monoisotopic (exact) mass is 331 g/mol. The fourth-order valence-electron chi connectivity index (χ4n) is 2.85. The molecule has 1 unspecified atom stereocenters. The predicted molar refractivity (Wildman–Crippen MR) is 86.6 cm³/mol. The first kappa shape index (κ1) is 13.5. The average molecular weight is 332 g/mol. The molecule has 0 fully saturated rings. The molecule has 1 aliphatic rings. The van der Waals surface area contributed by atoms with E-state index in [1.165, 1.54) is 22.4 Å². The van der Waals surface area contributed by atoms with Crippen molar-refractivity contribution >= 4 is 21.6 Å². The summed E-state index contributed by atoms with van der Waals surface area (Å²) in [6.45, 7) is 2.11. The third-order valence-electron chi connectivity index (χ3n) is 3.95. The van der Waals surface area contributed by atoms with E-state index >= 15 is 0 Å². The van der Waals surface area contributed by atoms with Crippen molar-refractivity contribution in [3.05, 3.63) is 57.6 Å².